The summed E-state index contributed by atoms with van der Waals surface area (Å²) in [5, 5.41) is 0.387. The fraction of sp³-hybridized carbons (Fsp3) is 0.100. The average Bonchev–Trinajstić information content (AvgIpc) is 2.63. The minimum Gasteiger partial charge on any atom is -0.439 e. The van der Waals surface area contributed by atoms with Gasteiger partial charge in [-0.25, -0.2) is 0 Å². The summed E-state index contributed by atoms with van der Waals surface area (Å²) in [6.45, 7) is 2.04. The number of para-hydroxylation sites is 2. The van der Waals surface area contributed by atoms with Crippen molar-refractivity contribution in [2.24, 2.45) is 0 Å². The number of rotatable bonds is 4. The van der Waals surface area contributed by atoms with Crippen LogP contribution in [0.15, 0.2) is 63.8 Å². The minimum atomic E-state index is -0.341. The molecule has 0 radical (unpaired) electrons. The maximum atomic E-state index is 12.6. The largest absolute Gasteiger partial charge is 0.439 e. The molecule has 1 aromatic heterocycles. The molecule has 0 fully saturated rings. The summed E-state index contributed by atoms with van der Waals surface area (Å²) in [5.74, 6) is 6.00. The number of carbonyl (C=O) groups excluding carboxylic acids is 1. The summed E-state index contributed by atoms with van der Waals surface area (Å²) in [6.07, 6.45) is 0.545. The van der Waals surface area contributed by atoms with Crippen LogP contribution in [0.25, 0.3) is 11.0 Å². The topological polar surface area (TPSA) is 50.5 Å². The molecular weight excluding hydrogens is 302 g/mol. The molecule has 3 rings (SSSR count). The zero-order valence-corrected chi connectivity index (χ0v) is 13.2. The van der Waals surface area contributed by atoms with Gasteiger partial charge in [0.25, 0.3) is 0 Å². The average molecular weight is 317 g/mol. The molecule has 118 valence electrons. The smallest absolute Gasteiger partial charge is 0.215 e. The van der Waals surface area contributed by atoms with E-state index in [2.05, 4.69) is 11.8 Å². The summed E-state index contributed by atoms with van der Waals surface area (Å²) in [5.41, 5.74) is 0.887. The number of nitrogens with zero attached hydrogens (tertiary/aromatic N) is 1. The molecule has 0 atom stereocenters. The van der Waals surface area contributed by atoms with Crippen molar-refractivity contribution in [3.63, 3.8) is 0 Å². The molecule has 2 aromatic carbocycles. The molecule has 0 spiro atoms. The van der Waals surface area contributed by atoms with Crippen LogP contribution in [0.1, 0.15) is 17.3 Å². The molecule has 3 aromatic rings. The molecule has 4 heteroatoms. The van der Waals surface area contributed by atoms with E-state index in [-0.39, 0.29) is 16.9 Å². The van der Waals surface area contributed by atoms with Crippen molar-refractivity contribution in [1.29, 1.82) is 0 Å². The number of benzene rings is 2. The third-order valence-electron chi connectivity index (χ3n) is 3.66. The van der Waals surface area contributed by atoms with E-state index in [9.17, 15) is 9.59 Å². The summed E-state index contributed by atoms with van der Waals surface area (Å²) in [4.78, 5) is 25.9. The Morgan fingerprint density at radius 2 is 1.79 bits per heavy atom. The monoisotopic (exact) mass is 317 g/mol. The Balaban J connectivity index is 2.28. The zero-order chi connectivity index (χ0) is 16.9. The van der Waals surface area contributed by atoms with Crippen molar-refractivity contribution in [2.75, 3.05) is 11.4 Å². The Morgan fingerprint density at radius 3 is 2.50 bits per heavy atom. The van der Waals surface area contributed by atoms with Crippen molar-refractivity contribution in [3.8, 4) is 11.8 Å². The fourth-order valence-electron chi connectivity index (χ4n) is 2.50. The molecule has 0 aliphatic rings. The third-order valence-corrected chi connectivity index (χ3v) is 3.66. The van der Waals surface area contributed by atoms with Crippen molar-refractivity contribution in [3.05, 3.63) is 70.4 Å². The summed E-state index contributed by atoms with van der Waals surface area (Å²) >= 11 is 0. The standard InChI is InChI=1S/C20H15NO3/c1-2-3-13-21(15-9-5-4-6-10-15)20-17(14-22)19(23)16-11-7-8-12-18(16)24-20/h4-12,14H,13H2,1H3. The first-order valence-corrected chi connectivity index (χ1v) is 7.49. The number of fused-ring (bicyclic) bond motifs is 1. The van der Waals surface area contributed by atoms with Gasteiger partial charge in [0.15, 0.2) is 6.29 Å². The van der Waals surface area contributed by atoms with Crippen LogP contribution < -0.4 is 10.3 Å². The second kappa shape index (κ2) is 6.84. The fourth-order valence-corrected chi connectivity index (χ4v) is 2.50. The lowest BCUT2D eigenvalue weighted by molar-refractivity contribution is 0.112. The molecule has 0 aliphatic carbocycles. The molecule has 0 saturated carbocycles. The van der Waals surface area contributed by atoms with E-state index >= 15 is 0 Å². The summed E-state index contributed by atoms with van der Waals surface area (Å²) < 4.78 is 5.91. The first-order chi connectivity index (χ1) is 11.8. The van der Waals surface area contributed by atoms with E-state index in [1.807, 2.05) is 30.3 Å². The van der Waals surface area contributed by atoms with Crippen molar-refractivity contribution < 1.29 is 9.21 Å². The molecule has 1 heterocycles. The first-order valence-electron chi connectivity index (χ1n) is 7.49. The molecule has 0 amide bonds. The minimum absolute atomic E-state index is 0.00421. The van der Waals surface area contributed by atoms with E-state index in [1.165, 1.54) is 0 Å². The maximum Gasteiger partial charge on any atom is 0.215 e. The Hall–Kier alpha value is -3.32. The van der Waals surface area contributed by atoms with Crippen LogP contribution in [0.2, 0.25) is 0 Å². The Labute approximate surface area is 139 Å². The molecule has 0 aliphatic heterocycles. The van der Waals surface area contributed by atoms with Crippen molar-refractivity contribution in [1.82, 2.24) is 0 Å². The number of carbonyl (C=O) groups is 1. The van der Waals surface area contributed by atoms with Gasteiger partial charge in [-0.1, -0.05) is 36.3 Å². The van der Waals surface area contributed by atoms with Gasteiger partial charge in [-0.15, -0.1) is 5.92 Å². The highest BCUT2D eigenvalue weighted by Crippen LogP contribution is 2.29. The molecule has 4 nitrogen and oxygen atoms in total. The molecule has 24 heavy (non-hydrogen) atoms. The second-order valence-electron chi connectivity index (χ2n) is 5.11. The van der Waals surface area contributed by atoms with Crippen molar-refractivity contribution >= 4 is 28.8 Å². The normalized spacial score (nSPS) is 10.0. The van der Waals surface area contributed by atoms with Crippen LogP contribution in [-0.4, -0.2) is 12.8 Å². The molecule has 0 saturated heterocycles. The molecule has 0 unspecified atom stereocenters. The van der Waals surface area contributed by atoms with Crippen LogP contribution in [0.4, 0.5) is 11.6 Å². The SMILES string of the molecule is CC#CCN(c1ccccc1)c1oc2ccccc2c(=O)c1C=O. The molecular formula is C20H15NO3. The summed E-state index contributed by atoms with van der Waals surface area (Å²) in [6, 6.07) is 16.3. The zero-order valence-electron chi connectivity index (χ0n) is 13.2. The van der Waals surface area contributed by atoms with Gasteiger partial charge in [0.1, 0.15) is 11.1 Å². The Kier molecular flexibility index (Phi) is 4.44. The van der Waals surface area contributed by atoms with Gasteiger partial charge in [-0.2, -0.15) is 0 Å². The van der Waals surface area contributed by atoms with Crippen LogP contribution >= 0.6 is 0 Å². The van der Waals surface area contributed by atoms with E-state index in [4.69, 9.17) is 4.42 Å². The number of anilines is 2. The number of hydrogen-bond donors (Lipinski definition) is 0. The van der Waals surface area contributed by atoms with E-state index in [0.717, 1.165) is 5.69 Å². The lowest BCUT2D eigenvalue weighted by atomic mass is 10.1. The quantitative estimate of drug-likeness (QED) is 0.543. The highest BCUT2D eigenvalue weighted by atomic mass is 16.4. The van der Waals surface area contributed by atoms with E-state index in [0.29, 0.717) is 23.8 Å². The van der Waals surface area contributed by atoms with Crippen LogP contribution in [0.5, 0.6) is 0 Å². The lowest BCUT2D eigenvalue weighted by Gasteiger charge is -2.22. The predicted molar refractivity (Wildman–Crippen MR) is 94.8 cm³/mol. The lowest BCUT2D eigenvalue weighted by Crippen LogP contribution is -2.22. The highest BCUT2D eigenvalue weighted by molar-refractivity contribution is 5.91. The predicted octanol–water partition coefficient (Wildman–Crippen LogP) is 3.77. The summed E-state index contributed by atoms with van der Waals surface area (Å²) in [7, 11) is 0. The van der Waals surface area contributed by atoms with Gasteiger partial charge in [-0.05, 0) is 31.2 Å². The Bertz CT molecular complexity index is 994. The first kappa shape index (κ1) is 15.6. The van der Waals surface area contributed by atoms with Crippen LogP contribution in [-0.2, 0) is 0 Å². The van der Waals surface area contributed by atoms with Gasteiger partial charge < -0.3 is 9.32 Å². The molecule has 0 bridgehead atoms. The van der Waals surface area contributed by atoms with E-state index in [1.54, 1.807) is 36.1 Å². The maximum absolute atomic E-state index is 12.6. The van der Waals surface area contributed by atoms with Gasteiger partial charge >= 0.3 is 0 Å². The third kappa shape index (κ3) is 2.80. The molecule has 0 N–H and O–H groups in total. The second-order valence-corrected chi connectivity index (χ2v) is 5.11. The van der Waals surface area contributed by atoms with Gasteiger partial charge in [0.2, 0.25) is 11.3 Å². The number of aldehydes is 1. The van der Waals surface area contributed by atoms with E-state index < -0.39 is 0 Å². The van der Waals surface area contributed by atoms with Crippen molar-refractivity contribution in [2.45, 2.75) is 6.92 Å². The van der Waals surface area contributed by atoms with Crippen LogP contribution in [0, 0.1) is 11.8 Å². The van der Waals surface area contributed by atoms with Crippen LogP contribution in [0.3, 0.4) is 0 Å². The van der Waals surface area contributed by atoms with Gasteiger partial charge in [0, 0.05) is 5.69 Å². The highest BCUT2D eigenvalue weighted by Gasteiger charge is 2.20. The van der Waals surface area contributed by atoms with Gasteiger partial charge in [-0.3, -0.25) is 9.59 Å². The number of hydrogen-bond acceptors (Lipinski definition) is 4. The van der Waals surface area contributed by atoms with Gasteiger partial charge in [0.05, 0.1) is 11.9 Å². The Morgan fingerprint density at radius 1 is 1.08 bits per heavy atom.